The molecule has 3 N–H and O–H groups in total. The molecular formula is C14H16N2O4S. The van der Waals surface area contributed by atoms with Crippen LogP contribution in [0.15, 0.2) is 0 Å². The van der Waals surface area contributed by atoms with Crippen LogP contribution >= 0.6 is 11.3 Å². The number of nitrogens with two attached hydrogens (primary N) is 1. The summed E-state index contributed by atoms with van der Waals surface area (Å²) in [5.74, 6) is -0.793. The van der Waals surface area contributed by atoms with E-state index in [2.05, 4.69) is 10.1 Å². The Bertz CT molecular complexity index is 619. The molecule has 1 fully saturated rings. The fourth-order valence-electron chi connectivity index (χ4n) is 2.57. The molecule has 1 heterocycles. The molecule has 1 aromatic rings. The summed E-state index contributed by atoms with van der Waals surface area (Å²) in [4.78, 5) is 36.0. The molecule has 0 unspecified atom stereocenters. The smallest absolute Gasteiger partial charge is 0.373 e. The average molecular weight is 308 g/mol. The van der Waals surface area contributed by atoms with Gasteiger partial charge in [-0.15, -0.1) is 11.3 Å². The van der Waals surface area contributed by atoms with Crippen LogP contribution in [-0.2, 0) is 22.4 Å². The molecule has 2 amide bonds. The summed E-state index contributed by atoms with van der Waals surface area (Å²) in [5.41, 5.74) is 6.12. The molecule has 7 heteroatoms. The second kappa shape index (κ2) is 5.48. The summed E-state index contributed by atoms with van der Waals surface area (Å²) in [6, 6.07) is 0. The number of thiophene rings is 1. The molecule has 0 saturated heterocycles. The largest absolute Gasteiger partial charge is 0.412 e. The van der Waals surface area contributed by atoms with Crippen LogP contribution in [0.25, 0.3) is 0 Å². The van der Waals surface area contributed by atoms with Gasteiger partial charge in [-0.1, -0.05) is 0 Å². The summed E-state index contributed by atoms with van der Waals surface area (Å²) in [6.07, 6.45) is 4.33. The molecule has 0 spiro atoms. The lowest BCUT2D eigenvalue weighted by Gasteiger charge is -2.11. The lowest BCUT2D eigenvalue weighted by atomic mass is 9.95. The molecule has 21 heavy (non-hydrogen) atoms. The maximum atomic E-state index is 12.1. The number of carbonyl (C=O) groups is 3. The van der Waals surface area contributed by atoms with Crippen molar-refractivity contribution >= 4 is 34.3 Å². The zero-order chi connectivity index (χ0) is 15.0. The third-order valence-electron chi connectivity index (χ3n) is 3.75. The monoisotopic (exact) mass is 308 g/mol. The summed E-state index contributed by atoms with van der Waals surface area (Å²) >= 11 is 1.41. The van der Waals surface area contributed by atoms with Crippen LogP contribution in [0.4, 0.5) is 9.80 Å². The van der Waals surface area contributed by atoms with Crippen LogP contribution in [0.5, 0.6) is 0 Å². The van der Waals surface area contributed by atoms with Gasteiger partial charge in [0.15, 0.2) is 0 Å². The zero-order valence-corrected chi connectivity index (χ0v) is 12.3. The second-order valence-corrected chi connectivity index (χ2v) is 6.49. The number of primary amides is 1. The Morgan fingerprint density at radius 3 is 2.57 bits per heavy atom. The van der Waals surface area contributed by atoms with Gasteiger partial charge in [-0.25, -0.2) is 9.59 Å². The number of carbonyl (C=O) groups excluding carboxylic acids is 3. The fourth-order valence-corrected chi connectivity index (χ4v) is 3.85. The lowest BCUT2D eigenvalue weighted by molar-refractivity contribution is -0.117. The van der Waals surface area contributed by atoms with Crippen molar-refractivity contribution < 1.29 is 19.1 Å². The third kappa shape index (κ3) is 2.92. The van der Waals surface area contributed by atoms with Gasteiger partial charge in [0.25, 0.3) is 0 Å². The van der Waals surface area contributed by atoms with Gasteiger partial charge in [-0.3, -0.25) is 4.79 Å². The number of hydrogen-bond acceptors (Lipinski definition) is 5. The van der Waals surface area contributed by atoms with Gasteiger partial charge in [0, 0.05) is 10.8 Å². The van der Waals surface area contributed by atoms with Crippen molar-refractivity contribution in [1.29, 1.82) is 0 Å². The average Bonchev–Trinajstić information content (AvgIpc) is 3.19. The molecule has 0 atom stereocenters. The molecule has 0 bridgehead atoms. The van der Waals surface area contributed by atoms with Gasteiger partial charge in [0.2, 0.25) is 5.91 Å². The van der Waals surface area contributed by atoms with E-state index in [0.717, 1.165) is 49.0 Å². The van der Waals surface area contributed by atoms with Crippen LogP contribution < -0.4 is 11.1 Å². The molecule has 2 aliphatic carbocycles. The van der Waals surface area contributed by atoms with E-state index in [9.17, 15) is 14.4 Å². The summed E-state index contributed by atoms with van der Waals surface area (Å²) in [6.45, 7) is 0. The molecule has 1 saturated carbocycles. The Morgan fingerprint density at radius 2 is 1.90 bits per heavy atom. The number of hydrogen-bond donors (Lipinski definition) is 2. The van der Waals surface area contributed by atoms with E-state index in [4.69, 9.17) is 5.73 Å². The maximum Gasteiger partial charge on any atom is 0.412 e. The SMILES string of the molecule is NC(=O)OC(=O)c1c(NC(=O)C2CC2)sc2c1CCCC2. The number of esters is 1. The minimum atomic E-state index is -1.13. The van der Waals surface area contributed by atoms with E-state index in [-0.39, 0.29) is 11.8 Å². The van der Waals surface area contributed by atoms with Crippen molar-refractivity contribution in [2.75, 3.05) is 5.32 Å². The van der Waals surface area contributed by atoms with Crippen molar-refractivity contribution in [3.8, 4) is 0 Å². The van der Waals surface area contributed by atoms with E-state index in [1.54, 1.807) is 0 Å². The van der Waals surface area contributed by atoms with Gasteiger partial charge in [0.1, 0.15) is 5.00 Å². The van der Waals surface area contributed by atoms with Crippen LogP contribution in [0.1, 0.15) is 46.5 Å². The van der Waals surface area contributed by atoms with Crippen molar-refractivity contribution in [2.24, 2.45) is 11.7 Å². The predicted molar refractivity (Wildman–Crippen MR) is 77.3 cm³/mol. The Balaban J connectivity index is 1.92. The van der Waals surface area contributed by atoms with Crippen molar-refractivity contribution in [2.45, 2.75) is 38.5 Å². The number of rotatable bonds is 3. The van der Waals surface area contributed by atoms with Gasteiger partial charge in [0.05, 0.1) is 5.56 Å². The molecule has 112 valence electrons. The van der Waals surface area contributed by atoms with E-state index in [1.165, 1.54) is 11.3 Å². The zero-order valence-electron chi connectivity index (χ0n) is 11.4. The van der Waals surface area contributed by atoms with Crippen LogP contribution in [-0.4, -0.2) is 18.0 Å². The first-order valence-corrected chi connectivity index (χ1v) is 7.85. The van der Waals surface area contributed by atoms with E-state index in [1.807, 2.05) is 0 Å². The molecule has 0 aromatic carbocycles. The van der Waals surface area contributed by atoms with Crippen molar-refractivity contribution in [3.05, 3.63) is 16.0 Å². The molecule has 2 aliphatic rings. The van der Waals surface area contributed by atoms with E-state index < -0.39 is 12.1 Å². The number of aryl methyl sites for hydroxylation is 1. The summed E-state index contributed by atoms with van der Waals surface area (Å²) in [5, 5.41) is 3.30. The number of amides is 2. The van der Waals surface area contributed by atoms with E-state index in [0.29, 0.717) is 10.6 Å². The lowest BCUT2D eigenvalue weighted by Crippen LogP contribution is -2.21. The number of ether oxygens (including phenoxy) is 1. The third-order valence-corrected chi connectivity index (χ3v) is 4.96. The fraction of sp³-hybridized carbons (Fsp3) is 0.500. The Kier molecular flexibility index (Phi) is 3.67. The van der Waals surface area contributed by atoms with Crippen LogP contribution in [0.2, 0.25) is 0 Å². The highest BCUT2D eigenvalue weighted by atomic mass is 32.1. The summed E-state index contributed by atoms with van der Waals surface area (Å²) < 4.78 is 4.51. The Hall–Kier alpha value is -1.89. The molecule has 0 aliphatic heterocycles. The molecule has 3 rings (SSSR count). The minimum Gasteiger partial charge on any atom is -0.373 e. The Labute approximate surface area is 125 Å². The number of nitrogens with one attached hydrogen (secondary N) is 1. The van der Waals surface area contributed by atoms with Crippen LogP contribution in [0.3, 0.4) is 0 Å². The normalized spacial score (nSPS) is 17.0. The predicted octanol–water partition coefficient (Wildman–Crippen LogP) is 2.21. The minimum absolute atomic E-state index is 0.0455. The molecule has 1 aromatic heterocycles. The van der Waals surface area contributed by atoms with Crippen LogP contribution in [0, 0.1) is 5.92 Å². The standard InChI is InChI=1S/C14H16N2O4S/c15-14(19)20-13(18)10-8-3-1-2-4-9(8)21-12(10)16-11(17)7-5-6-7/h7H,1-6H2,(H2,15,19)(H,16,17). The molecule has 0 radical (unpaired) electrons. The van der Waals surface area contributed by atoms with Gasteiger partial charge in [-0.05, 0) is 44.1 Å². The van der Waals surface area contributed by atoms with Crippen molar-refractivity contribution in [3.63, 3.8) is 0 Å². The topological polar surface area (TPSA) is 98.5 Å². The first kappa shape index (κ1) is 14.1. The molecular weight excluding hydrogens is 292 g/mol. The van der Waals surface area contributed by atoms with Gasteiger partial charge in [-0.2, -0.15) is 0 Å². The first-order valence-electron chi connectivity index (χ1n) is 7.03. The highest BCUT2D eigenvalue weighted by Gasteiger charge is 2.33. The highest BCUT2D eigenvalue weighted by molar-refractivity contribution is 7.17. The number of fused-ring (bicyclic) bond motifs is 1. The highest BCUT2D eigenvalue weighted by Crippen LogP contribution is 2.40. The summed E-state index contributed by atoms with van der Waals surface area (Å²) in [7, 11) is 0. The molecule has 6 nitrogen and oxygen atoms in total. The Morgan fingerprint density at radius 1 is 1.19 bits per heavy atom. The maximum absolute atomic E-state index is 12.1. The first-order chi connectivity index (χ1) is 10.1. The van der Waals surface area contributed by atoms with E-state index >= 15 is 0 Å². The second-order valence-electron chi connectivity index (χ2n) is 5.39. The van der Waals surface area contributed by atoms with Crippen molar-refractivity contribution in [1.82, 2.24) is 0 Å². The number of anilines is 1. The van der Waals surface area contributed by atoms with Gasteiger partial charge >= 0.3 is 12.1 Å². The quantitative estimate of drug-likeness (QED) is 0.660. The van der Waals surface area contributed by atoms with Gasteiger partial charge < -0.3 is 15.8 Å².